The maximum Gasteiger partial charge on any atom is 0.301 e. The maximum atomic E-state index is 11.8. The molecule has 3 N–H and O–H groups in total. The maximum absolute atomic E-state index is 11.8. The first kappa shape index (κ1) is 15.9. The van der Waals surface area contributed by atoms with Crippen molar-refractivity contribution in [3.63, 3.8) is 0 Å². The van der Waals surface area contributed by atoms with Gasteiger partial charge in [0.05, 0.1) is 10.6 Å². The highest BCUT2D eigenvalue weighted by Crippen LogP contribution is 2.18. The lowest BCUT2D eigenvalue weighted by molar-refractivity contribution is 0.579. The minimum absolute atomic E-state index is 0.0661. The molecule has 0 aliphatic heterocycles. The van der Waals surface area contributed by atoms with Gasteiger partial charge < -0.3 is 0 Å². The number of benzene rings is 1. The Morgan fingerprint density at radius 1 is 1.16 bits per heavy atom. The lowest BCUT2D eigenvalue weighted by Gasteiger charge is -2.19. The zero-order valence-corrected chi connectivity index (χ0v) is 12.3. The number of nitrogens with one attached hydrogen (secondary N) is 1. The monoisotopic (exact) mass is 307 g/mol. The van der Waals surface area contributed by atoms with Crippen LogP contribution in [0.3, 0.4) is 0 Å². The van der Waals surface area contributed by atoms with Crippen LogP contribution < -0.4 is 14.2 Å². The molecular weight excluding hydrogens is 290 g/mol. The number of rotatable bonds is 6. The highest BCUT2D eigenvalue weighted by molar-refractivity contribution is 7.90. The molecule has 1 rings (SSSR count). The lowest BCUT2D eigenvalue weighted by Crippen LogP contribution is -2.38. The minimum atomic E-state index is -3.78. The van der Waals surface area contributed by atoms with Gasteiger partial charge >= 0.3 is 10.2 Å². The van der Waals surface area contributed by atoms with Gasteiger partial charge in [0.15, 0.2) is 0 Å². The van der Waals surface area contributed by atoms with E-state index < -0.39 is 20.2 Å². The quantitative estimate of drug-likeness (QED) is 0.771. The van der Waals surface area contributed by atoms with E-state index in [1.54, 1.807) is 0 Å². The fourth-order valence-corrected chi connectivity index (χ4v) is 2.88. The third-order valence-electron chi connectivity index (χ3n) is 2.42. The van der Waals surface area contributed by atoms with Crippen molar-refractivity contribution >= 4 is 25.9 Å². The van der Waals surface area contributed by atoms with E-state index in [1.807, 2.05) is 6.92 Å². The fourth-order valence-electron chi connectivity index (χ4n) is 1.31. The number of anilines is 1. The summed E-state index contributed by atoms with van der Waals surface area (Å²) < 4.78 is 49.3. The smallest absolute Gasteiger partial charge is 0.261 e. The van der Waals surface area contributed by atoms with E-state index in [2.05, 4.69) is 4.72 Å². The molecule has 0 saturated carbocycles. The van der Waals surface area contributed by atoms with Gasteiger partial charge in [0, 0.05) is 13.6 Å². The zero-order chi connectivity index (χ0) is 14.7. The van der Waals surface area contributed by atoms with Crippen LogP contribution in [0.2, 0.25) is 0 Å². The van der Waals surface area contributed by atoms with Gasteiger partial charge in [-0.3, -0.25) is 4.31 Å². The molecule has 0 unspecified atom stereocenters. The summed E-state index contributed by atoms with van der Waals surface area (Å²) in [5, 5.41) is 4.96. The Bertz CT molecular complexity index is 623. The Labute approximate surface area is 113 Å². The second kappa shape index (κ2) is 5.87. The first-order valence-corrected chi connectivity index (χ1v) is 8.53. The summed E-state index contributed by atoms with van der Waals surface area (Å²) in [6, 6.07) is 5.28. The molecule has 108 valence electrons. The van der Waals surface area contributed by atoms with Crippen LogP contribution in [0, 0.1) is 0 Å². The molecule has 1 aromatic rings. The Hall–Kier alpha value is -1.16. The molecule has 0 amide bonds. The zero-order valence-electron chi connectivity index (χ0n) is 10.7. The molecule has 0 spiro atoms. The number of hydrogen-bond donors (Lipinski definition) is 2. The van der Waals surface area contributed by atoms with Gasteiger partial charge in [-0.1, -0.05) is 6.92 Å². The second-order valence-electron chi connectivity index (χ2n) is 3.91. The van der Waals surface area contributed by atoms with Crippen LogP contribution in [-0.2, 0) is 20.2 Å². The highest BCUT2D eigenvalue weighted by Gasteiger charge is 2.17. The van der Waals surface area contributed by atoms with Gasteiger partial charge in [-0.25, -0.2) is 13.6 Å². The standard InChI is InChI=1S/C10H17N3O4S2/c1-3-8-12-19(16,17)13(2)9-4-6-10(7-5-9)18(11,14)15/h4-7,12H,3,8H2,1-2H3,(H2,11,14,15). The van der Waals surface area contributed by atoms with Gasteiger partial charge in [-0.2, -0.15) is 13.1 Å². The predicted octanol–water partition coefficient (Wildman–Crippen LogP) is 0.0146. The number of sulfonamides is 1. The molecule has 19 heavy (non-hydrogen) atoms. The molecule has 0 atom stereocenters. The predicted molar refractivity (Wildman–Crippen MR) is 73.4 cm³/mol. The summed E-state index contributed by atoms with van der Waals surface area (Å²) in [5.41, 5.74) is 0.344. The number of hydrogen-bond acceptors (Lipinski definition) is 4. The van der Waals surface area contributed by atoms with E-state index in [0.29, 0.717) is 18.7 Å². The van der Waals surface area contributed by atoms with Crippen molar-refractivity contribution in [3.8, 4) is 0 Å². The van der Waals surface area contributed by atoms with Gasteiger partial charge in [0.1, 0.15) is 0 Å². The van der Waals surface area contributed by atoms with Crippen LogP contribution in [0.1, 0.15) is 13.3 Å². The Balaban J connectivity index is 2.99. The first-order chi connectivity index (χ1) is 8.68. The van der Waals surface area contributed by atoms with Gasteiger partial charge in [0.2, 0.25) is 10.0 Å². The van der Waals surface area contributed by atoms with E-state index >= 15 is 0 Å². The average Bonchev–Trinajstić information content (AvgIpc) is 2.34. The molecular formula is C10H17N3O4S2. The Morgan fingerprint density at radius 2 is 1.68 bits per heavy atom. The van der Waals surface area contributed by atoms with Gasteiger partial charge in [0.25, 0.3) is 0 Å². The molecule has 9 heteroatoms. The van der Waals surface area contributed by atoms with Crippen molar-refractivity contribution in [2.75, 3.05) is 17.9 Å². The van der Waals surface area contributed by atoms with Crippen LogP contribution in [0.4, 0.5) is 5.69 Å². The van der Waals surface area contributed by atoms with Gasteiger partial charge in [-0.05, 0) is 30.7 Å². The van der Waals surface area contributed by atoms with Crippen LogP contribution >= 0.6 is 0 Å². The minimum Gasteiger partial charge on any atom is -0.261 e. The van der Waals surface area contributed by atoms with Crippen LogP contribution in [0.15, 0.2) is 29.2 Å². The van der Waals surface area contributed by atoms with Crippen molar-refractivity contribution in [3.05, 3.63) is 24.3 Å². The second-order valence-corrected chi connectivity index (χ2v) is 7.25. The molecule has 0 radical (unpaired) electrons. The van der Waals surface area contributed by atoms with Crippen molar-refractivity contribution in [2.45, 2.75) is 18.2 Å². The van der Waals surface area contributed by atoms with Crippen molar-refractivity contribution in [1.29, 1.82) is 0 Å². The van der Waals surface area contributed by atoms with Crippen LogP contribution in [0.5, 0.6) is 0 Å². The topological polar surface area (TPSA) is 110 Å². The summed E-state index contributed by atoms with van der Waals surface area (Å²) in [6.07, 6.45) is 0.678. The third kappa shape index (κ3) is 4.16. The lowest BCUT2D eigenvalue weighted by atomic mass is 10.3. The van der Waals surface area contributed by atoms with Crippen LogP contribution in [0.25, 0.3) is 0 Å². The number of nitrogens with zero attached hydrogens (tertiary/aromatic N) is 1. The summed E-state index contributed by atoms with van der Waals surface area (Å²) in [6.45, 7) is 2.19. The molecule has 0 bridgehead atoms. The summed E-state index contributed by atoms with van der Waals surface area (Å²) >= 11 is 0. The van der Waals surface area contributed by atoms with Crippen molar-refractivity contribution < 1.29 is 16.8 Å². The Morgan fingerprint density at radius 3 is 2.11 bits per heavy atom. The third-order valence-corrected chi connectivity index (χ3v) is 4.85. The fraction of sp³-hybridized carbons (Fsp3) is 0.400. The van der Waals surface area contributed by atoms with E-state index in [-0.39, 0.29) is 4.90 Å². The molecule has 0 heterocycles. The number of nitrogens with two attached hydrogens (primary N) is 1. The highest BCUT2D eigenvalue weighted by atomic mass is 32.2. The molecule has 0 aliphatic carbocycles. The normalized spacial score (nSPS) is 12.4. The molecule has 0 saturated heterocycles. The van der Waals surface area contributed by atoms with Crippen molar-refractivity contribution in [1.82, 2.24) is 4.72 Å². The molecule has 7 nitrogen and oxygen atoms in total. The van der Waals surface area contributed by atoms with E-state index in [0.717, 1.165) is 4.31 Å². The Kier molecular flexibility index (Phi) is 4.91. The van der Waals surface area contributed by atoms with E-state index in [9.17, 15) is 16.8 Å². The average molecular weight is 307 g/mol. The SMILES string of the molecule is CCCNS(=O)(=O)N(C)c1ccc(S(N)(=O)=O)cc1. The molecule has 0 aliphatic rings. The van der Waals surface area contributed by atoms with Gasteiger partial charge in [-0.15, -0.1) is 0 Å². The van der Waals surface area contributed by atoms with E-state index in [4.69, 9.17) is 5.14 Å². The summed E-state index contributed by atoms with van der Waals surface area (Å²) in [5.74, 6) is 0. The summed E-state index contributed by atoms with van der Waals surface area (Å²) in [4.78, 5) is -0.0661. The summed E-state index contributed by atoms with van der Waals surface area (Å²) in [7, 11) is -6.02. The first-order valence-electron chi connectivity index (χ1n) is 5.55. The van der Waals surface area contributed by atoms with Crippen LogP contribution in [-0.4, -0.2) is 30.4 Å². The molecule has 0 fully saturated rings. The van der Waals surface area contributed by atoms with E-state index in [1.165, 1.54) is 31.3 Å². The largest absolute Gasteiger partial charge is 0.301 e. The number of primary sulfonamides is 1. The molecule has 0 aromatic heterocycles. The molecule has 1 aromatic carbocycles. The van der Waals surface area contributed by atoms with Crippen molar-refractivity contribution in [2.24, 2.45) is 5.14 Å².